The summed E-state index contributed by atoms with van der Waals surface area (Å²) in [5, 5.41) is 10.9. The molecule has 1 aromatic carbocycles. The van der Waals surface area contributed by atoms with Crippen LogP contribution in [-0.4, -0.2) is 25.4 Å². The van der Waals surface area contributed by atoms with Crippen molar-refractivity contribution >= 4 is 28.7 Å². The number of aromatic nitrogens is 5. The third kappa shape index (κ3) is 2.41. The van der Waals surface area contributed by atoms with Gasteiger partial charge in [0.1, 0.15) is 6.61 Å². The molecule has 3 rings (SSSR count). The summed E-state index contributed by atoms with van der Waals surface area (Å²) >= 11 is 5.90. The second kappa shape index (κ2) is 4.69. The third-order valence-corrected chi connectivity index (χ3v) is 2.67. The molecule has 0 spiro atoms. The first kappa shape index (κ1) is 11.7. The Morgan fingerprint density at radius 1 is 1.26 bits per heavy atom. The highest BCUT2D eigenvalue weighted by Gasteiger charge is 2.11. The van der Waals surface area contributed by atoms with E-state index in [1.54, 1.807) is 6.07 Å². The van der Waals surface area contributed by atoms with Crippen LogP contribution in [0.15, 0.2) is 24.3 Å². The Morgan fingerprint density at radius 3 is 3.00 bits per heavy atom. The van der Waals surface area contributed by atoms with Gasteiger partial charge >= 0.3 is 0 Å². The van der Waals surface area contributed by atoms with E-state index in [1.807, 2.05) is 18.2 Å². The van der Waals surface area contributed by atoms with Crippen LogP contribution in [-0.2, 0) is 6.61 Å². The summed E-state index contributed by atoms with van der Waals surface area (Å²) in [6.45, 7) is 0.305. The molecule has 0 unspecified atom stereocenters. The minimum absolute atomic E-state index is 0.0856. The zero-order chi connectivity index (χ0) is 13.2. The molecule has 0 fully saturated rings. The number of fused-ring (bicyclic) bond motifs is 1. The van der Waals surface area contributed by atoms with E-state index >= 15 is 0 Å². The molecule has 96 valence electrons. The molecule has 0 atom stereocenters. The summed E-state index contributed by atoms with van der Waals surface area (Å²) in [5.74, 6) is 0.374. The molecular weight excluding hydrogens is 268 g/mol. The maximum Gasteiger partial charge on any atom is 0.249 e. The van der Waals surface area contributed by atoms with Gasteiger partial charge in [-0.25, -0.2) is 0 Å². The molecule has 0 aliphatic carbocycles. The highest BCUT2D eigenvalue weighted by Crippen LogP contribution is 2.20. The van der Waals surface area contributed by atoms with Crippen molar-refractivity contribution in [2.45, 2.75) is 6.61 Å². The average molecular weight is 277 g/mol. The van der Waals surface area contributed by atoms with Crippen molar-refractivity contribution < 1.29 is 4.74 Å². The standard InChI is InChI=1S/C11H9ClN6O/c12-7-3-1-2-6(4-7)5-19-10-8-9(17-18-16-8)14-11(13)15-10/h1-4H,5H2,(H3,13,14,15,16,17,18). The van der Waals surface area contributed by atoms with Crippen molar-refractivity contribution in [3.8, 4) is 5.88 Å². The van der Waals surface area contributed by atoms with Crippen molar-refractivity contribution in [1.82, 2.24) is 25.4 Å². The highest BCUT2D eigenvalue weighted by molar-refractivity contribution is 6.30. The Hall–Kier alpha value is -2.41. The fourth-order valence-electron chi connectivity index (χ4n) is 1.62. The lowest BCUT2D eigenvalue weighted by atomic mass is 10.2. The molecule has 7 nitrogen and oxygen atoms in total. The maximum atomic E-state index is 5.90. The molecule has 2 heterocycles. The number of hydrogen-bond donors (Lipinski definition) is 2. The van der Waals surface area contributed by atoms with Gasteiger partial charge in [0, 0.05) is 5.02 Å². The number of rotatable bonds is 3. The molecule has 3 N–H and O–H groups in total. The van der Waals surface area contributed by atoms with Crippen LogP contribution < -0.4 is 10.5 Å². The van der Waals surface area contributed by atoms with E-state index in [-0.39, 0.29) is 11.8 Å². The van der Waals surface area contributed by atoms with Gasteiger partial charge in [0.2, 0.25) is 17.5 Å². The van der Waals surface area contributed by atoms with E-state index in [2.05, 4.69) is 25.4 Å². The maximum absolute atomic E-state index is 5.90. The lowest BCUT2D eigenvalue weighted by Gasteiger charge is -2.06. The van der Waals surface area contributed by atoms with Crippen LogP contribution in [0.1, 0.15) is 5.56 Å². The quantitative estimate of drug-likeness (QED) is 0.752. The lowest BCUT2D eigenvalue weighted by molar-refractivity contribution is 0.297. The van der Waals surface area contributed by atoms with Crippen LogP contribution in [0.25, 0.3) is 11.2 Å². The molecule has 0 saturated carbocycles. The zero-order valence-corrected chi connectivity index (χ0v) is 10.4. The van der Waals surface area contributed by atoms with E-state index in [9.17, 15) is 0 Å². The first-order chi connectivity index (χ1) is 9.22. The van der Waals surface area contributed by atoms with Gasteiger partial charge in [-0.3, -0.25) is 0 Å². The third-order valence-electron chi connectivity index (χ3n) is 2.43. The molecule has 3 aromatic rings. The van der Waals surface area contributed by atoms with Crippen molar-refractivity contribution in [3.63, 3.8) is 0 Å². The Labute approximate surface area is 112 Å². The van der Waals surface area contributed by atoms with Crippen LogP contribution in [0.4, 0.5) is 5.95 Å². The second-order valence-corrected chi connectivity index (χ2v) is 4.24. The van der Waals surface area contributed by atoms with Crippen molar-refractivity contribution in [2.24, 2.45) is 0 Å². The summed E-state index contributed by atoms with van der Waals surface area (Å²) in [4.78, 5) is 7.93. The zero-order valence-electron chi connectivity index (χ0n) is 9.67. The van der Waals surface area contributed by atoms with Gasteiger partial charge in [0.25, 0.3) is 0 Å². The van der Waals surface area contributed by atoms with Crippen molar-refractivity contribution in [2.75, 3.05) is 5.73 Å². The molecule has 0 aliphatic heterocycles. The molecule has 0 bridgehead atoms. The van der Waals surface area contributed by atoms with E-state index in [0.29, 0.717) is 22.8 Å². The summed E-state index contributed by atoms with van der Waals surface area (Å²) in [5.41, 5.74) is 7.30. The van der Waals surface area contributed by atoms with E-state index in [4.69, 9.17) is 22.1 Å². The predicted molar refractivity (Wildman–Crippen MR) is 69.7 cm³/mol. The van der Waals surface area contributed by atoms with Gasteiger partial charge in [-0.15, -0.1) is 10.2 Å². The predicted octanol–water partition coefficient (Wildman–Crippen LogP) is 1.56. The number of anilines is 1. The number of ether oxygens (including phenoxy) is 1. The first-order valence-electron chi connectivity index (χ1n) is 5.43. The summed E-state index contributed by atoms with van der Waals surface area (Å²) in [7, 11) is 0. The molecule has 0 aliphatic rings. The van der Waals surface area contributed by atoms with Crippen LogP contribution in [0, 0.1) is 0 Å². The van der Waals surface area contributed by atoms with E-state index in [0.717, 1.165) is 5.56 Å². The number of nitrogen functional groups attached to an aromatic ring is 1. The van der Waals surface area contributed by atoms with Gasteiger partial charge in [0.05, 0.1) is 0 Å². The number of nitrogens with zero attached hydrogens (tertiary/aromatic N) is 4. The van der Waals surface area contributed by atoms with E-state index < -0.39 is 0 Å². The van der Waals surface area contributed by atoms with Crippen molar-refractivity contribution in [3.05, 3.63) is 34.9 Å². The van der Waals surface area contributed by atoms with Crippen molar-refractivity contribution in [1.29, 1.82) is 0 Å². The fourth-order valence-corrected chi connectivity index (χ4v) is 1.83. The summed E-state index contributed by atoms with van der Waals surface area (Å²) < 4.78 is 5.59. The average Bonchev–Trinajstić information content (AvgIpc) is 2.84. The molecule has 8 heteroatoms. The number of halogens is 1. The highest BCUT2D eigenvalue weighted by atomic mass is 35.5. The Balaban J connectivity index is 1.87. The minimum atomic E-state index is 0.0856. The fraction of sp³-hybridized carbons (Fsp3) is 0.0909. The number of H-pyrrole nitrogens is 1. The molecule has 0 saturated heterocycles. The summed E-state index contributed by atoms with van der Waals surface area (Å²) in [6.07, 6.45) is 0. The molecule has 0 amide bonds. The van der Waals surface area contributed by atoms with Gasteiger partial charge in [0.15, 0.2) is 5.52 Å². The smallest absolute Gasteiger partial charge is 0.249 e. The lowest BCUT2D eigenvalue weighted by Crippen LogP contribution is -2.02. The number of hydrogen-bond acceptors (Lipinski definition) is 6. The second-order valence-electron chi connectivity index (χ2n) is 3.80. The number of nitrogens with two attached hydrogens (primary N) is 1. The van der Waals surface area contributed by atoms with Crippen LogP contribution in [0.5, 0.6) is 5.88 Å². The Kier molecular flexibility index (Phi) is 2.88. The normalized spacial score (nSPS) is 10.8. The Morgan fingerprint density at radius 2 is 2.16 bits per heavy atom. The topological polar surface area (TPSA) is 103 Å². The number of nitrogens with one attached hydrogen (secondary N) is 1. The van der Waals surface area contributed by atoms with Crippen LogP contribution in [0.3, 0.4) is 0 Å². The largest absolute Gasteiger partial charge is 0.471 e. The van der Waals surface area contributed by atoms with Gasteiger partial charge in [-0.1, -0.05) is 23.7 Å². The van der Waals surface area contributed by atoms with Gasteiger partial charge in [-0.2, -0.15) is 15.2 Å². The minimum Gasteiger partial charge on any atom is -0.471 e. The number of aromatic amines is 1. The summed E-state index contributed by atoms with van der Waals surface area (Å²) in [6, 6.07) is 7.35. The number of benzene rings is 1. The molecule has 0 radical (unpaired) electrons. The first-order valence-corrected chi connectivity index (χ1v) is 5.81. The molecule has 2 aromatic heterocycles. The monoisotopic (exact) mass is 276 g/mol. The molecular formula is C11H9ClN6O. The van der Waals surface area contributed by atoms with E-state index in [1.165, 1.54) is 0 Å². The SMILES string of the molecule is Nc1nc(OCc2cccc(Cl)c2)c2n[nH]nc2n1. The Bertz CT molecular complexity index is 728. The van der Waals surface area contributed by atoms with Gasteiger partial charge in [-0.05, 0) is 17.7 Å². The van der Waals surface area contributed by atoms with Crippen LogP contribution >= 0.6 is 11.6 Å². The molecule has 19 heavy (non-hydrogen) atoms. The van der Waals surface area contributed by atoms with Crippen LogP contribution in [0.2, 0.25) is 5.02 Å². The van der Waals surface area contributed by atoms with Gasteiger partial charge < -0.3 is 10.5 Å².